The summed E-state index contributed by atoms with van der Waals surface area (Å²) in [4.78, 5) is 106. The smallest absolute Gasteiger partial charge is 0.472 e. The highest BCUT2D eigenvalue weighted by molar-refractivity contribution is 7.47. The Labute approximate surface area is 293 Å². The van der Waals surface area contributed by atoms with Crippen LogP contribution in [0.3, 0.4) is 0 Å². The maximum atomic E-state index is 13.6. The molecular weight excluding hydrogens is 699 g/mol. The number of amides is 6. The number of aromatic nitrogens is 2. The van der Waals surface area contributed by atoms with Crippen LogP contribution in [-0.2, 0) is 53.6 Å². The molecule has 51 heavy (non-hydrogen) atoms. The lowest BCUT2D eigenvalue weighted by Crippen LogP contribution is -2.61. The number of aliphatic hydroxyl groups is 1. The average molecular weight is 747 g/mol. The SMILES string of the molecule is CC(=O)N1CCCC1C(=O)NC(CC(C)C)C(=O)NC(Cc1cnc[nH]1)C(=O)NC(CO)C(=O)NC(C(N)=O)C(C)OP(=O)(O)OCCC(=O)O. The van der Waals surface area contributed by atoms with Gasteiger partial charge in [0.2, 0.25) is 35.4 Å². The minimum atomic E-state index is -4.92. The minimum absolute atomic E-state index is 0.0866. The molecule has 1 aliphatic rings. The molecule has 2 heterocycles. The Bertz CT molecular complexity index is 1440. The standard InChI is InChI=1S/C29H47N8O13P/c1-15(2)10-19(34-29(46)22-6-5-8-37(22)17(4)39)26(43)33-20(11-18-12-31-14-32-18)27(44)35-21(13-38)28(45)36-24(25(30)42)16(3)50-51(47,48)49-9-7-23(40)41/h12,14-16,19-22,24,38H,5-11,13H2,1-4H3,(H2,30,42)(H,31,32)(H,33,43)(H,34,46)(H,35,44)(H,36,45)(H,40,41)(H,47,48). The number of H-pyrrole nitrogens is 1. The largest absolute Gasteiger partial charge is 0.481 e. The topological polar surface area (TPSA) is 322 Å². The molecule has 6 amide bonds. The Hall–Kier alpha value is -4.43. The van der Waals surface area contributed by atoms with Crippen molar-refractivity contribution in [1.82, 2.24) is 36.1 Å². The fraction of sp³-hybridized carbons (Fsp3) is 0.655. The number of phosphoric ester groups is 1. The van der Waals surface area contributed by atoms with E-state index in [1.807, 2.05) is 13.8 Å². The van der Waals surface area contributed by atoms with Crippen LogP contribution < -0.4 is 27.0 Å². The Morgan fingerprint density at radius 3 is 2.22 bits per heavy atom. The summed E-state index contributed by atoms with van der Waals surface area (Å²) in [6.07, 6.45) is 1.49. The summed E-state index contributed by atoms with van der Waals surface area (Å²) in [5.41, 5.74) is 5.74. The van der Waals surface area contributed by atoms with Crippen molar-refractivity contribution < 1.29 is 62.3 Å². The zero-order valence-electron chi connectivity index (χ0n) is 28.7. The van der Waals surface area contributed by atoms with Gasteiger partial charge in [-0.05, 0) is 32.1 Å². The number of aliphatic carboxylic acids is 1. The summed E-state index contributed by atoms with van der Waals surface area (Å²) in [5.74, 6) is -6.34. The summed E-state index contributed by atoms with van der Waals surface area (Å²) in [5, 5.41) is 28.3. The van der Waals surface area contributed by atoms with Gasteiger partial charge in [-0.1, -0.05) is 13.8 Å². The highest BCUT2D eigenvalue weighted by Gasteiger charge is 2.37. The number of imidazole rings is 1. The lowest BCUT2D eigenvalue weighted by Gasteiger charge is -2.28. The number of carbonyl (C=O) groups is 7. The van der Waals surface area contributed by atoms with Crippen molar-refractivity contribution in [1.29, 1.82) is 0 Å². The van der Waals surface area contributed by atoms with Crippen molar-refractivity contribution in [2.45, 2.75) is 96.1 Å². The normalized spacial score (nSPS) is 18.4. The van der Waals surface area contributed by atoms with Crippen molar-refractivity contribution in [3.63, 3.8) is 0 Å². The Morgan fingerprint density at radius 2 is 1.67 bits per heavy atom. The molecule has 2 rings (SSSR count). The predicted molar refractivity (Wildman–Crippen MR) is 175 cm³/mol. The van der Waals surface area contributed by atoms with E-state index >= 15 is 0 Å². The number of carbonyl (C=O) groups excluding carboxylic acids is 6. The first-order valence-electron chi connectivity index (χ1n) is 16.1. The zero-order valence-corrected chi connectivity index (χ0v) is 29.6. The first kappa shape index (κ1) is 42.7. The summed E-state index contributed by atoms with van der Waals surface area (Å²) >= 11 is 0. The van der Waals surface area contributed by atoms with Gasteiger partial charge < -0.3 is 52.0 Å². The summed E-state index contributed by atoms with van der Waals surface area (Å²) in [6, 6.07) is -6.82. The number of hydrogen-bond donors (Lipinski definition) is 9. The molecule has 1 aromatic rings. The third kappa shape index (κ3) is 14.0. The van der Waals surface area contributed by atoms with E-state index in [9.17, 15) is 48.1 Å². The molecule has 1 aromatic heterocycles. The molecule has 21 nitrogen and oxygen atoms in total. The van der Waals surface area contributed by atoms with Gasteiger partial charge in [0.05, 0.1) is 32.1 Å². The van der Waals surface area contributed by atoms with Gasteiger partial charge in [0, 0.05) is 31.8 Å². The quantitative estimate of drug-likeness (QED) is 0.0584. The summed E-state index contributed by atoms with van der Waals surface area (Å²) < 4.78 is 21.6. The number of hydrogen-bond acceptors (Lipinski definition) is 12. The van der Waals surface area contributed by atoms with Gasteiger partial charge in [-0.25, -0.2) is 9.55 Å². The van der Waals surface area contributed by atoms with Crippen molar-refractivity contribution in [3.8, 4) is 0 Å². The van der Waals surface area contributed by atoms with Gasteiger partial charge in [-0.2, -0.15) is 0 Å². The molecule has 0 saturated carbocycles. The number of phosphoric acid groups is 1. The summed E-state index contributed by atoms with van der Waals surface area (Å²) in [6.45, 7) is 4.75. The number of nitrogens with one attached hydrogen (secondary N) is 5. The number of aliphatic hydroxyl groups excluding tert-OH is 1. The average Bonchev–Trinajstić information content (AvgIpc) is 3.73. The van der Waals surface area contributed by atoms with E-state index in [2.05, 4.69) is 35.8 Å². The van der Waals surface area contributed by atoms with Crippen LogP contribution in [-0.4, -0.2) is 127 Å². The summed E-state index contributed by atoms with van der Waals surface area (Å²) in [7, 11) is -4.92. The van der Waals surface area contributed by atoms with Crippen molar-refractivity contribution >= 4 is 49.2 Å². The van der Waals surface area contributed by atoms with Gasteiger partial charge in [0.25, 0.3) is 0 Å². The second kappa shape index (κ2) is 19.8. The number of carboxylic acid groups (broad SMARTS) is 1. The third-order valence-electron chi connectivity index (χ3n) is 7.67. The lowest BCUT2D eigenvalue weighted by molar-refractivity contribution is -0.139. The number of likely N-dealkylation sites (tertiary alicyclic amines) is 1. The maximum Gasteiger partial charge on any atom is 0.472 e. The van der Waals surface area contributed by atoms with Crippen LogP contribution in [0.25, 0.3) is 0 Å². The first-order valence-corrected chi connectivity index (χ1v) is 17.6. The van der Waals surface area contributed by atoms with E-state index in [0.717, 1.165) is 6.92 Å². The fourth-order valence-electron chi connectivity index (χ4n) is 5.17. The molecule has 7 unspecified atom stereocenters. The second-order valence-electron chi connectivity index (χ2n) is 12.3. The second-order valence-corrected chi connectivity index (χ2v) is 13.7. The Morgan fingerprint density at radius 1 is 1.04 bits per heavy atom. The first-order chi connectivity index (χ1) is 23.8. The zero-order chi connectivity index (χ0) is 38.5. The lowest BCUT2D eigenvalue weighted by atomic mass is 10.0. The molecular formula is C29H47N8O13P. The molecule has 10 N–H and O–H groups in total. The van der Waals surface area contributed by atoms with E-state index < -0.39 is 99.3 Å². The highest BCUT2D eigenvalue weighted by Crippen LogP contribution is 2.45. The molecule has 286 valence electrons. The van der Waals surface area contributed by atoms with Crippen LogP contribution in [0.4, 0.5) is 0 Å². The molecule has 0 radical (unpaired) electrons. The number of nitrogens with two attached hydrogens (primary N) is 1. The monoisotopic (exact) mass is 746 g/mol. The number of rotatable bonds is 21. The molecule has 0 spiro atoms. The predicted octanol–water partition coefficient (Wildman–Crippen LogP) is -2.58. The maximum absolute atomic E-state index is 13.6. The van der Waals surface area contributed by atoms with E-state index in [1.54, 1.807) is 0 Å². The molecule has 0 aliphatic carbocycles. The minimum Gasteiger partial charge on any atom is -0.481 e. The molecule has 7 atom stereocenters. The number of carboxylic acids is 1. The van der Waals surface area contributed by atoms with Crippen LogP contribution in [0.15, 0.2) is 12.5 Å². The van der Waals surface area contributed by atoms with Gasteiger partial charge >= 0.3 is 13.8 Å². The molecule has 22 heteroatoms. The van der Waals surface area contributed by atoms with Gasteiger partial charge in [-0.3, -0.25) is 42.6 Å². The number of nitrogens with zero attached hydrogens (tertiary/aromatic N) is 2. The van der Waals surface area contributed by atoms with Gasteiger partial charge in [0.15, 0.2) is 0 Å². The van der Waals surface area contributed by atoms with Crippen LogP contribution in [0.1, 0.15) is 59.1 Å². The molecule has 0 aromatic carbocycles. The van der Waals surface area contributed by atoms with E-state index in [0.29, 0.717) is 25.1 Å². The highest BCUT2D eigenvalue weighted by atomic mass is 31.2. The molecule has 1 fully saturated rings. The van der Waals surface area contributed by atoms with Crippen molar-refractivity contribution in [2.24, 2.45) is 11.7 Å². The van der Waals surface area contributed by atoms with Gasteiger partial charge in [0.1, 0.15) is 30.2 Å². The Balaban J connectivity index is 2.20. The van der Waals surface area contributed by atoms with Crippen LogP contribution in [0.5, 0.6) is 0 Å². The molecule has 0 bridgehead atoms. The van der Waals surface area contributed by atoms with E-state index in [4.69, 9.17) is 15.4 Å². The molecule has 1 aliphatic heterocycles. The van der Waals surface area contributed by atoms with Crippen LogP contribution in [0.2, 0.25) is 0 Å². The number of aromatic amines is 1. The van der Waals surface area contributed by atoms with Crippen LogP contribution >= 0.6 is 7.82 Å². The van der Waals surface area contributed by atoms with E-state index in [-0.39, 0.29) is 24.7 Å². The third-order valence-corrected chi connectivity index (χ3v) is 8.78. The fourth-order valence-corrected chi connectivity index (χ4v) is 6.10. The molecule has 1 saturated heterocycles. The van der Waals surface area contributed by atoms with Gasteiger partial charge in [-0.15, -0.1) is 0 Å². The number of primary amides is 1. The van der Waals surface area contributed by atoms with Crippen molar-refractivity contribution in [2.75, 3.05) is 19.8 Å². The van der Waals surface area contributed by atoms with Crippen LogP contribution in [0, 0.1) is 5.92 Å². The Kier molecular flexibility index (Phi) is 16.6. The van der Waals surface area contributed by atoms with E-state index in [1.165, 1.54) is 24.3 Å². The van der Waals surface area contributed by atoms with Crippen molar-refractivity contribution in [3.05, 3.63) is 18.2 Å².